The number of ether oxygens (including phenoxy) is 8. The standard InChI is InChI=1S/C78H100N8O14/c1-11-17-23-37-95-67-31-27-55-41-59(67)77(91)85-79-47-53-25-29-65(93-33-19-13-3)57(39-53)75(89)83-61-43-62(70(98-36-22-16-6)45-69(61)97-35-21-15-5)84-76(90)58-40-54(26-30-66(58)94-34-20-14-4)48-80-86-78(92)60-42-56(28-32-68(60)96-38-24-18-12-2)74(88)82-64-44-63(81-73(55)87)71(99-49-51(7)8)46-72(64)100-50-52(9)10/h25-32,39-48,51-52H,11-24,33-38,49-50H2,1-10H3,(H,81,87)(H,82,88)(H,83,89)(H,84,90)(H,85,91)(H,86,92). The molecule has 0 saturated heterocycles. The first-order valence-corrected chi connectivity index (χ1v) is 35.3. The van der Waals surface area contributed by atoms with Crippen LogP contribution in [0.3, 0.4) is 0 Å². The number of benzene rings is 6. The topological polar surface area (TPSA) is 297 Å². The third kappa shape index (κ3) is 23.5. The van der Waals surface area contributed by atoms with Gasteiger partial charge in [0.15, 0.2) is 0 Å². The van der Waals surface area contributed by atoms with E-state index in [4.69, 9.17) is 37.9 Å². The number of fused-ring (bicyclic) bond motifs is 12. The Morgan fingerprint density at radius 3 is 0.920 bits per heavy atom. The van der Waals surface area contributed by atoms with Crippen molar-refractivity contribution in [1.82, 2.24) is 40.3 Å². The molecule has 22 heteroatoms. The second-order valence-corrected chi connectivity index (χ2v) is 25.2. The van der Waals surface area contributed by atoms with Gasteiger partial charge in [-0.1, -0.05) is 121 Å². The van der Waals surface area contributed by atoms with Gasteiger partial charge in [-0.3, -0.25) is 28.8 Å². The molecule has 0 aliphatic carbocycles. The van der Waals surface area contributed by atoms with Crippen molar-refractivity contribution in [2.45, 2.75) is 159 Å². The van der Waals surface area contributed by atoms with Crippen molar-refractivity contribution in [3.05, 3.63) is 172 Å². The normalized spacial score (nSPS) is 11.0. The lowest BCUT2D eigenvalue weighted by Crippen LogP contribution is -2.11. The van der Waals surface area contributed by atoms with Gasteiger partial charge in [-0.15, -0.1) is 0 Å². The van der Waals surface area contributed by atoms with Gasteiger partial charge in [0.1, 0.15) is 46.0 Å². The van der Waals surface area contributed by atoms with Gasteiger partial charge in [-0.05, 0) is 146 Å². The van der Waals surface area contributed by atoms with E-state index in [-0.39, 0.29) is 125 Å². The number of aromatic nitrogens is 8. The molecule has 22 nitrogen and oxygen atoms in total. The Bertz CT molecular complexity index is 4400. The van der Waals surface area contributed by atoms with Gasteiger partial charge in [0.05, 0.1) is 109 Å². The maximum atomic E-state index is 15.0. The first kappa shape index (κ1) is 77.2. The predicted molar refractivity (Wildman–Crippen MR) is 400 cm³/mol. The molecule has 0 aliphatic heterocycles. The quantitative estimate of drug-likeness (QED) is 0.0214. The molecule has 0 aliphatic rings. The van der Waals surface area contributed by atoms with E-state index in [9.17, 15) is 28.8 Å². The first-order chi connectivity index (χ1) is 48.5. The summed E-state index contributed by atoms with van der Waals surface area (Å²) in [4.78, 5) is 100. The van der Waals surface area contributed by atoms with Crippen molar-refractivity contribution in [1.29, 1.82) is 0 Å². The van der Waals surface area contributed by atoms with Crippen LogP contribution < -0.4 is 71.3 Å². The highest BCUT2D eigenvalue weighted by Gasteiger charge is 2.15. The minimum Gasteiger partial charge on any atom is -0.493 e. The van der Waals surface area contributed by atoms with Crippen LogP contribution in [-0.4, -0.2) is 93.2 Å². The van der Waals surface area contributed by atoms with Gasteiger partial charge in [0.25, 0.3) is 33.4 Å². The molecular weight excluding hydrogens is 1270 g/mol. The zero-order valence-electron chi connectivity index (χ0n) is 59.7. The second kappa shape index (κ2) is 40.7. The summed E-state index contributed by atoms with van der Waals surface area (Å²) in [7, 11) is 0. The van der Waals surface area contributed by atoms with Crippen molar-refractivity contribution in [3.63, 3.8) is 0 Å². The molecule has 100 heavy (non-hydrogen) atoms. The van der Waals surface area contributed by atoms with E-state index < -0.39 is 33.4 Å². The number of H-pyrrole nitrogens is 6. The molecule has 0 unspecified atom stereocenters. The SMILES string of the molecule is CCCCCOc1ccc2cc1c(=O)[nH]ncc1ccc(OCCCC)c(c1)c(=O)[nH]c1cc([nH]c(=O)c3cc(ccc3OCCCC)cn[nH]c(=O)c3cc(ccc3OCCCCC)c(=O)[nH]c3cc([nH]c2=O)c(OCC(C)C)cc3OCC(C)C)c(OCCCC)cc1OCCCC. The van der Waals surface area contributed by atoms with Crippen LogP contribution in [-0.2, 0) is 0 Å². The molecule has 7 rings (SSSR count). The lowest BCUT2D eigenvalue weighted by molar-refractivity contribution is 0.261. The molecule has 1 heterocycles. The summed E-state index contributed by atoms with van der Waals surface area (Å²) in [6.07, 6.45) is 13.9. The van der Waals surface area contributed by atoms with E-state index >= 15 is 0 Å². The fourth-order valence-corrected chi connectivity index (χ4v) is 9.91. The molecule has 6 N–H and O–H groups in total. The van der Waals surface area contributed by atoms with Crippen LogP contribution in [0.25, 0.3) is 65.2 Å². The van der Waals surface area contributed by atoms with Crippen molar-refractivity contribution in [2.24, 2.45) is 11.8 Å². The van der Waals surface area contributed by atoms with Crippen LogP contribution in [0.1, 0.15) is 159 Å². The Hall–Kier alpha value is -10.1. The van der Waals surface area contributed by atoms with Crippen LogP contribution >= 0.6 is 0 Å². The lowest BCUT2D eigenvalue weighted by Gasteiger charge is -2.14. The molecule has 7 aromatic rings. The second-order valence-electron chi connectivity index (χ2n) is 25.2. The third-order valence-electron chi connectivity index (χ3n) is 15.6. The zero-order valence-corrected chi connectivity index (χ0v) is 59.7. The van der Waals surface area contributed by atoms with Crippen LogP contribution in [0.2, 0.25) is 0 Å². The molecule has 536 valence electrons. The van der Waals surface area contributed by atoms with Gasteiger partial charge in [0, 0.05) is 22.9 Å². The van der Waals surface area contributed by atoms with Crippen molar-refractivity contribution < 1.29 is 37.9 Å². The highest BCUT2D eigenvalue weighted by molar-refractivity contribution is 5.80. The molecule has 12 bridgehead atoms. The summed E-state index contributed by atoms with van der Waals surface area (Å²) >= 11 is 0. The van der Waals surface area contributed by atoms with Crippen LogP contribution in [0.5, 0.6) is 46.0 Å². The average Bonchev–Trinajstić information content (AvgIpc) is 0.810. The fourth-order valence-electron chi connectivity index (χ4n) is 9.91. The Balaban J connectivity index is 1.67. The highest BCUT2D eigenvalue weighted by atomic mass is 16.5. The number of rotatable bonds is 32. The van der Waals surface area contributed by atoms with Crippen molar-refractivity contribution >= 4 is 65.2 Å². The highest BCUT2D eigenvalue weighted by Crippen LogP contribution is 2.32. The van der Waals surface area contributed by atoms with E-state index in [1.165, 1.54) is 42.7 Å². The molecule has 0 spiro atoms. The number of hydrogen-bond acceptors (Lipinski definition) is 16. The smallest absolute Gasteiger partial charge is 0.275 e. The van der Waals surface area contributed by atoms with E-state index in [1.807, 2.05) is 55.4 Å². The number of aromatic amines is 6. The van der Waals surface area contributed by atoms with Crippen LogP contribution in [0, 0.1) is 11.8 Å². The maximum Gasteiger partial charge on any atom is 0.275 e. The molecule has 0 saturated carbocycles. The van der Waals surface area contributed by atoms with Gasteiger partial charge in [0.2, 0.25) is 0 Å². The summed E-state index contributed by atoms with van der Waals surface area (Å²) in [5.74, 6) is 2.12. The maximum absolute atomic E-state index is 15.0. The zero-order chi connectivity index (χ0) is 71.8. The van der Waals surface area contributed by atoms with E-state index in [1.54, 1.807) is 66.7 Å². The summed E-state index contributed by atoms with van der Waals surface area (Å²) in [5, 5.41) is 15.1. The Labute approximate surface area is 582 Å². The summed E-state index contributed by atoms with van der Waals surface area (Å²) in [6.45, 7) is 22.5. The average molecular weight is 1370 g/mol. The number of hydrogen-bond donors (Lipinski definition) is 6. The third-order valence-corrected chi connectivity index (χ3v) is 15.6. The molecule has 1 aromatic heterocycles. The van der Waals surface area contributed by atoms with Crippen molar-refractivity contribution in [3.8, 4) is 46.0 Å². The number of nitrogens with zero attached hydrogens (tertiary/aromatic N) is 2. The Morgan fingerprint density at radius 1 is 0.300 bits per heavy atom. The van der Waals surface area contributed by atoms with E-state index in [0.29, 0.717) is 88.9 Å². The van der Waals surface area contributed by atoms with E-state index in [2.05, 4.69) is 54.2 Å². The molecule has 0 atom stereocenters. The predicted octanol–water partition coefficient (Wildman–Crippen LogP) is 15.6. The Morgan fingerprint density at radius 2 is 0.590 bits per heavy atom. The summed E-state index contributed by atoms with van der Waals surface area (Å²) in [5.41, 5.74) is -3.14. The van der Waals surface area contributed by atoms with Gasteiger partial charge < -0.3 is 57.8 Å². The fraction of sp³-hybridized carbons (Fsp3) is 0.436. The Kier molecular flexibility index (Phi) is 31.4. The van der Waals surface area contributed by atoms with Gasteiger partial charge >= 0.3 is 0 Å². The number of nitrogens with one attached hydrogen (secondary N) is 6. The molecule has 0 fully saturated rings. The minimum absolute atomic E-state index is 0.000620. The van der Waals surface area contributed by atoms with Crippen LogP contribution in [0.4, 0.5) is 0 Å². The monoisotopic (exact) mass is 1370 g/mol. The summed E-state index contributed by atoms with van der Waals surface area (Å²) in [6, 6.07) is 25.2. The van der Waals surface area contributed by atoms with E-state index in [0.717, 1.165) is 51.4 Å². The van der Waals surface area contributed by atoms with Gasteiger partial charge in [-0.2, -0.15) is 10.2 Å². The van der Waals surface area contributed by atoms with Crippen LogP contribution in [0.15, 0.2) is 138 Å². The number of unbranched alkanes of at least 4 members (excludes halogenated alkanes) is 8. The lowest BCUT2D eigenvalue weighted by atomic mass is 10.2. The minimum atomic E-state index is -0.707. The molecule has 6 aromatic carbocycles. The summed E-state index contributed by atoms with van der Waals surface area (Å²) < 4.78 is 50.2. The molecule has 0 radical (unpaired) electrons. The van der Waals surface area contributed by atoms with Gasteiger partial charge in [-0.25, -0.2) is 10.2 Å². The molecular formula is C78H100N8O14. The first-order valence-electron chi connectivity index (χ1n) is 35.3. The van der Waals surface area contributed by atoms with Crippen molar-refractivity contribution in [2.75, 3.05) is 52.9 Å². The molecule has 0 amide bonds. The largest absolute Gasteiger partial charge is 0.493 e.